The van der Waals surface area contributed by atoms with Crippen molar-refractivity contribution in [3.05, 3.63) is 35.7 Å². The maximum atomic E-state index is 4.60. The summed E-state index contributed by atoms with van der Waals surface area (Å²) >= 11 is 0. The predicted octanol–water partition coefficient (Wildman–Crippen LogP) is 3.40. The fourth-order valence-corrected chi connectivity index (χ4v) is 1.75. The first-order valence-corrected chi connectivity index (χ1v) is 6.66. The smallest absolute Gasteiger partial charge is 0.180 e. The van der Waals surface area contributed by atoms with Gasteiger partial charge in [-0.3, -0.25) is 4.98 Å². The third-order valence-electron chi connectivity index (χ3n) is 2.84. The fourth-order valence-electron chi connectivity index (χ4n) is 1.75. The lowest BCUT2D eigenvalue weighted by Crippen LogP contribution is -2.05. The summed E-state index contributed by atoms with van der Waals surface area (Å²) in [4.78, 5) is 13.5. The second-order valence-electron chi connectivity index (χ2n) is 4.91. The van der Waals surface area contributed by atoms with Gasteiger partial charge in [-0.25, -0.2) is 9.97 Å². The largest absolute Gasteiger partial charge is 0.370 e. The van der Waals surface area contributed by atoms with Crippen LogP contribution in [0.5, 0.6) is 0 Å². The van der Waals surface area contributed by atoms with Gasteiger partial charge < -0.3 is 5.32 Å². The van der Waals surface area contributed by atoms with E-state index in [9.17, 15) is 0 Å². The maximum absolute atomic E-state index is 4.60. The van der Waals surface area contributed by atoms with E-state index >= 15 is 0 Å². The quantitative estimate of drug-likeness (QED) is 0.910. The molecule has 0 radical (unpaired) electrons. The lowest BCUT2D eigenvalue weighted by molar-refractivity contribution is 0.816. The van der Waals surface area contributed by atoms with E-state index in [1.807, 2.05) is 31.3 Å². The van der Waals surface area contributed by atoms with Gasteiger partial charge in [0, 0.05) is 24.5 Å². The Morgan fingerprint density at radius 2 is 2.00 bits per heavy atom. The molecule has 0 atom stereocenters. The number of nitrogens with zero attached hydrogens (tertiary/aromatic N) is 3. The van der Waals surface area contributed by atoms with E-state index in [4.69, 9.17) is 0 Å². The van der Waals surface area contributed by atoms with Crippen molar-refractivity contribution in [1.82, 2.24) is 15.0 Å². The zero-order valence-electron chi connectivity index (χ0n) is 11.9. The molecule has 2 rings (SSSR count). The number of anilines is 1. The minimum Gasteiger partial charge on any atom is -0.370 e. The van der Waals surface area contributed by atoms with Crippen LogP contribution in [0.15, 0.2) is 24.4 Å². The zero-order valence-corrected chi connectivity index (χ0v) is 11.9. The summed E-state index contributed by atoms with van der Waals surface area (Å²) in [6.07, 6.45) is 1.84. The van der Waals surface area contributed by atoms with Crippen LogP contribution in [0.1, 0.15) is 37.9 Å². The van der Waals surface area contributed by atoms with Gasteiger partial charge in [0.2, 0.25) is 0 Å². The fraction of sp³-hybridized carbons (Fsp3) is 0.400. The van der Waals surface area contributed by atoms with Crippen LogP contribution >= 0.6 is 0 Å². The van der Waals surface area contributed by atoms with Gasteiger partial charge in [-0.1, -0.05) is 19.9 Å². The van der Waals surface area contributed by atoms with Crippen LogP contribution in [0.4, 0.5) is 5.82 Å². The topological polar surface area (TPSA) is 50.7 Å². The number of nitrogens with one attached hydrogen (secondary N) is 1. The molecule has 100 valence electrons. The zero-order chi connectivity index (χ0) is 13.8. The highest BCUT2D eigenvalue weighted by atomic mass is 15.0. The normalized spacial score (nSPS) is 10.8. The van der Waals surface area contributed by atoms with Crippen LogP contribution < -0.4 is 5.32 Å². The molecule has 0 aromatic carbocycles. The van der Waals surface area contributed by atoms with Gasteiger partial charge in [0.25, 0.3) is 0 Å². The van der Waals surface area contributed by atoms with E-state index in [1.165, 1.54) is 0 Å². The summed E-state index contributed by atoms with van der Waals surface area (Å²) in [6, 6.07) is 6.00. The average molecular weight is 256 g/mol. The van der Waals surface area contributed by atoms with Crippen LogP contribution in [0, 0.1) is 6.92 Å². The summed E-state index contributed by atoms with van der Waals surface area (Å²) in [5.74, 6) is 1.91. The summed E-state index contributed by atoms with van der Waals surface area (Å²) < 4.78 is 0. The Kier molecular flexibility index (Phi) is 4.10. The van der Waals surface area contributed by atoms with E-state index in [2.05, 4.69) is 41.0 Å². The summed E-state index contributed by atoms with van der Waals surface area (Å²) in [5, 5.41) is 3.25. The third kappa shape index (κ3) is 3.28. The molecular weight excluding hydrogens is 236 g/mol. The van der Waals surface area contributed by atoms with Crippen LogP contribution in [-0.2, 0) is 0 Å². The first kappa shape index (κ1) is 13.5. The van der Waals surface area contributed by atoms with Crippen molar-refractivity contribution in [2.24, 2.45) is 0 Å². The molecule has 0 aliphatic carbocycles. The lowest BCUT2D eigenvalue weighted by Gasteiger charge is -2.10. The molecule has 0 amide bonds. The van der Waals surface area contributed by atoms with E-state index < -0.39 is 0 Å². The van der Waals surface area contributed by atoms with Crippen molar-refractivity contribution in [2.45, 2.75) is 33.6 Å². The summed E-state index contributed by atoms with van der Waals surface area (Å²) in [5.41, 5.74) is 2.98. The molecule has 0 saturated heterocycles. The Morgan fingerprint density at radius 3 is 2.58 bits per heavy atom. The van der Waals surface area contributed by atoms with Gasteiger partial charge >= 0.3 is 0 Å². The molecule has 2 aromatic rings. The molecule has 0 aliphatic rings. The molecule has 2 heterocycles. The SMILES string of the molecule is CCNc1cc(C(C)C)nc(-c2ccc(C)cn2)n1. The van der Waals surface area contributed by atoms with Crippen molar-refractivity contribution in [2.75, 3.05) is 11.9 Å². The molecule has 4 heteroatoms. The molecule has 0 spiro atoms. The summed E-state index contributed by atoms with van der Waals surface area (Å²) in [7, 11) is 0. The Labute approximate surface area is 114 Å². The molecule has 19 heavy (non-hydrogen) atoms. The number of hydrogen-bond acceptors (Lipinski definition) is 4. The van der Waals surface area contributed by atoms with Crippen molar-refractivity contribution >= 4 is 5.82 Å². The van der Waals surface area contributed by atoms with Crippen molar-refractivity contribution < 1.29 is 0 Å². The lowest BCUT2D eigenvalue weighted by atomic mass is 10.1. The average Bonchev–Trinajstić information content (AvgIpc) is 2.39. The van der Waals surface area contributed by atoms with Gasteiger partial charge in [0.1, 0.15) is 11.5 Å². The third-order valence-corrected chi connectivity index (χ3v) is 2.84. The standard InChI is InChI=1S/C15H20N4/c1-5-16-14-8-13(10(2)3)18-15(19-14)12-7-6-11(4)9-17-12/h6-10H,5H2,1-4H3,(H,16,18,19). The van der Waals surface area contributed by atoms with E-state index in [1.54, 1.807) is 0 Å². The van der Waals surface area contributed by atoms with Gasteiger partial charge in [0.05, 0.1) is 0 Å². The number of aromatic nitrogens is 3. The van der Waals surface area contributed by atoms with Crippen LogP contribution in [-0.4, -0.2) is 21.5 Å². The highest BCUT2D eigenvalue weighted by molar-refractivity contribution is 5.53. The molecule has 1 N–H and O–H groups in total. The highest BCUT2D eigenvalue weighted by Crippen LogP contribution is 2.20. The van der Waals surface area contributed by atoms with E-state index in [0.29, 0.717) is 11.7 Å². The second-order valence-corrected chi connectivity index (χ2v) is 4.91. The molecule has 0 unspecified atom stereocenters. The second kappa shape index (κ2) is 5.78. The number of rotatable bonds is 4. The monoisotopic (exact) mass is 256 g/mol. The van der Waals surface area contributed by atoms with Crippen LogP contribution in [0.25, 0.3) is 11.5 Å². The van der Waals surface area contributed by atoms with Crippen molar-refractivity contribution in [3.8, 4) is 11.5 Å². The molecule has 2 aromatic heterocycles. The Morgan fingerprint density at radius 1 is 1.21 bits per heavy atom. The predicted molar refractivity (Wildman–Crippen MR) is 78.3 cm³/mol. The Hall–Kier alpha value is -1.97. The van der Waals surface area contributed by atoms with E-state index in [-0.39, 0.29) is 0 Å². The minimum atomic E-state index is 0.365. The van der Waals surface area contributed by atoms with Crippen molar-refractivity contribution in [1.29, 1.82) is 0 Å². The van der Waals surface area contributed by atoms with Gasteiger partial charge in [-0.15, -0.1) is 0 Å². The number of hydrogen-bond donors (Lipinski definition) is 1. The van der Waals surface area contributed by atoms with Gasteiger partial charge in [-0.05, 0) is 31.4 Å². The molecule has 0 saturated carbocycles. The maximum Gasteiger partial charge on any atom is 0.180 e. The molecule has 4 nitrogen and oxygen atoms in total. The van der Waals surface area contributed by atoms with Gasteiger partial charge in [0.15, 0.2) is 5.82 Å². The number of aryl methyl sites for hydroxylation is 1. The van der Waals surface area contributed by atoms with Crippen LogP contribution in [0.3, 0.4) is 0 Å². The minimum absolute atomic E-state index is 0.365. The van der Waals surface area contributed by atoms with Gasteiger partial charge in [-0.2, -0.15) is 0 Å². The first-order valence-electron chi connectivity index (χ1n) is 6.66. The molecule has 0 aliphatic heterocycles. The number of pyridine rings is 1. The Balaban J connectivity index is 2.46. The molecule has 0 fully saturated rings. The molecule has 0 bridgehead atoms. The first-order chi connectivity index (χ1) is 9.10. The van der Waals surface area contributed by atoms with Crippen LogP contribution in [0.2, 0.25) is 0 Å². The summed E-state index contributed by atoms with van der Waals surface area (Å²) in [6.45, 7) is 9.18. The molecular formula is C15H20N4. The van der Waals surface area contributed by atoms with E-state index in [0.717, 1.165) is 29.3 Å². The Bertz CT molecular complexity index is 547. The highest BCUT2D eigenvalue weighted by Gasteiger charge is 2.10. The van der Waals surface area contributed by atoms with Crippen molar-refractivity contribution in [3.63, 3.8) is 0 Å².